The minimum atomic E-state index is -0.437. The van der Waals surface area contributed by atoms with Crippen LogP contribution in [0.3, 0.4) is 0 Å². The van der Waals surface area contributed by atoms with Gasteiger partial charge in [-0.3, -0.25) is 4.79 Å². The summed E-state index contributed by atoms with van der Waals surface area (Å²) < 4.78 is 17.0. The van der Waals surface area contributed by atoms with E-state index in [9.17, 15) is 4.79 Å². The highest BCUT2D eigenvalue weighted by molar-refractivity contribution is 5.77. The molecule has 2 aliphatic heterocycles. The first-order chi connectivity index (χ1) is 10.7. The van der Waals surface area contributed by atoms with Crippen molar-refractivity contribution in [2.24, 2.45) is 0 Å². The zero-order valence-electron chi connectivity index (χ0n) is 13.0. The standard InChI is InChI=1S/C17H23NO4/c1-2-14-4-3-5-15(12-14)20-13-16(19)18-8-6-17(7-9-18)21-10-11-22-17/h3-5,12H,2,6-11,13H2,1H3. The largest absolute Gasteiger partial charge is 0.484 e. The van der Waals surface area contributed by atoms with E-state index in [1.54, 1.807) is 0 Å². The minimum Gasteiger partial charge on any atom is -0.484 e. The molecule has 1 aromatic rings. The molecule has 22 heavy (non-hydrogen) atoms. The van der Waals surface area contributed by atoms with Crippen molar-refractivity contribution in [2.75, 3.05) is 32.9 Å². The fourth-order valence-corrected chi connectivity index (χ4v) is 2.97. The molecule has 0 aliphatic carbocycles. The lowest BCUT2D eigenvalue weighted by Crippen LogP contribution is -2.48. The molecule has 120 valence electrons. The third-order valence-electron chi connectivity index (χ3n) is 4.36. The number of piperidine rings is 1. The monoisotopic (exact) mass is 305 g/mol. The number of hydrogen-bond donors (Lipinski definition) is 0. The molecule has 0 radical (unpaired) electrons. The molecule has 5 heteroatoms. The molecule has 0 atom stereocenters. The summed E-state index contributed by atoms with van der Waals surface area (Å²) in [6.07, 6.45) is 2.44. The molecule has 2 fully saturated rings. The van der Waals surface area contributed by atoms with E-state index in [1.807, 2.05) is 23.1 Å². The number of carbonyl (C=O) groups is 1. The maximum Gasteiger partial charge on any atom is 0.260 e. The predicted octanol–water partition coefficient (Wildman–Crippen LogP) is 1.99. The van der Waals surface area contributed by atoms with Gasteiger partial charge in [-0.2, -0.15) is 0 Å². The predicted molar refractivity (Wildman–Crippen MR) is 81.8 cm³/mol. The van der Waals surface area contributed by atoms with Crippen molar-refractivity contribution < 1.29 is 19.0 Å². The molecule has 0 unspecified atom stereocenters. The Hall–Kier alpha value is -1.59. The third kappa shape index (κ3) is 3.42. The fraction of sp³-hybridized carbons (Fsp3) is 0.588. The Balaban J connectivity index is 1.48. The molecular weight excluding hydrogens is 282 g/mol. The number of likely N-dealkylation sites (tertiary alicyclic amines) is 1. The molecule has 1 amide bonds. The number of nitrogens with zero attached hydrogens (tertiary/aromatic N) is 1. The van der Waals surface area contributed by atoms with Crippen LogP contribution in [-0.2, 0) is 20.7 Å². The lowest BCUT2D eigenvalue weighted by Gasteiger charge is -2.37. The van der Waals surface area contributed by atoms with Gasteiger partial charge in [0.1, 0.15) is 5.75 Å². The number of ether oxygens (including phenoxy) is 3. The van der Waals surface area contributed by atoms with Crippen LogP contribution in [0.25, 0.3) is 0 Å². The van der Waals surface area contributed by atoms with Gasteiger partial charge in [0.05, 0.1) is 13.2 Å². The Labute approximate surface area is 131 Å². The Morgan fingerprint density at radius 2 is 2.00 bits per heavy atom. The maximum atomic E-state index is 12.2. The summed E-state index contributed by atoms with van der Waals surface area (Å²) in [5.41, 5.74) is 1.21. The Bertz CT molecular complexity index is 515. The van der Waals surface area contributed by atoms with E-state index < -0.39 is 5.79 Å². The summed E-state index contributed by atoms with van der Waals surface area (Å²) in [6.45, 7) is 4.83. The first-order valence-corrected chi connectivity index (χ1v) is 7.98. The van der Waals surface area contributed by atoms with E-state index in [2.05, 4.69) is 13.0 Å². The number of amides is 1. The lowest BCUT2D eigenvalue weighted by atomic mass is 10.0. The van der Waals surface area contributed by atoms with E-state index >= 15 is 0 Å². The highest BCUT2D eigenvalue weighted by Crippen LogP contribution is 2.31. The van der Waals surface area contributed by atoms with Crippen LogP contribution in [0.2, 0.25) is 0 Å². The lowest BCUT2D eigenvalue weighted by molar-refractivity contribution is -0.187. The Morgan fingerprint density at radius 1 is 1.27 bits per heavy atom. The van der Waals surface area contributed by atoms with Crippen molar-refractivity contribution in [3.05, 3.63) is 29.8 Å². The van der Waals surface area contributed by atoms with Gasteiger partial charge in [0, 0.05) is 25.9 Å². The van der Waals surface area contributed by atoms with Crippen LogP contribution in [0.4, 0.5) is 0 Å². The van der Waals surface area contributed by atoms with Crippen molar-refractivity contribution in [1.29, 1.82) is 0 Å². The van der Waals surface area contributed by atoms with Gasteiger partial charge in [0.15, 0.2) is 12.4 Å². The first kappa shape index (κ1) is 15.3. The summed E-state index contributed by atoms with van der Waals surface area (Å²) in [5, 5.41) is 0. The fourth-order valence-electron chi connectivity index (χ4n) is 2.97. The molecule has 2 aliphatic rings. The first-order valence-electron chi connectivity index (χ1n) is 7.98. The highest BCUT2D eigenvalue weighted by atomic mass is 16.7. The number of rotatable bonds is 4. The summed E-state index contributed by atoms with van der Waals surface area (Å²) >= 11 is 0. The summed E-state index contributed by atoms with van der Waals surface area (Å²) in [4.78, 5) is 14.1. The topological polar surface area (TPSA) is 48.0 Å². The molecule has 0 bridgehead atoms. The molecular formula is C17H23NO4. The van der Waals surface area contributed by atoms with Crippen molar-refractivity contribution in [2.45, 2.75) is 32.0 Å². The van der Waals surface area contributed by atoms with Crippen LogP contribution in [0, 0.1) is 0 Å². The van der Waals surface area contributed by atoms with E-state index in [1.165, 1.54) is 5.56 Å². The summed E-state index contributed by atoms with van der Waals surface area (Å²) in [7, 11) is 0. The van der Waals surface area contributed by atoms with Crippen molar-refractivity contribution in [3.8, 4) is 5.75 Å². The SMILES string of the molecule is CCc1cccc(OCC(=O)N2CCC3(CC2)OCCO3)c1. The van der Waals surface area contributed by atoms with E-state index in [0.717, 1.165) is 25.0 Å². The van der Waals surface area contributed by atoms with Crippen LogP contribution < -0.4 is 4.74 Å². The average molecular weight is 305 g/mol. The second-order valence-corrected chi connectivity index (χ2v) is 5.78. The molecule has 0 saturated carbocycles. The molecule has 3 rings (SSSR count). The Morgan fingerprint density at radius 3 is 2.68 bits per heavy atom. The van der Waals surface area contributed by atoms with Crippen LogP contribution in [0.5, 0.6) is 5.75 Å². The third-order valence-corrected chi connectivity index (χ3v) is 4.36. The van der Waals surface area contributed by atoms with Gasteiger partial charge >= 0.3 is 0 Å². The molecule has 5 nitrogen and oxygen atoms in total. The molecule has 0 aromatic heterocycles. The van der Waals surface area contributed by atoms with Crippen LogP contribution >= 0.6 is 0 Å². The normalized spacial score (nSPS) is 20.3. The summed E-state index contributed by atoms with van der Waals surface area (Å²) in [6, 6.07) is 7.88. The van der Waals surface area contributed by atoms with Gasteiger partial charge in [-0.25, -0.2) is 0 Å². The number of benzene rings is 1. The molecule has 2 saturated heterocycles. The number of aryl methyl sites for hydroxylation is 1. The molecule has 2 heterocycles. The van der Waals surface area contributed by atoms with Crippen molar-refractivity contribution >= 4 is 5.91 Å². The number of carbonyl (C=O) groups excluding carboxylic acids is 1. The maximum absolute atomic E-state index is 12.2. The average Bonchev–Trinajstić information content (AvgIpc) is 3.01. The van der Waals surface area contributed by atoms with Gasteiger partial charge in [-0.1, -0.05) is 19.1 Å². The zero-order chi connectivity index (χ0) is 15.4. The van der Waals surface area contributed by atoms with E-state index in [-0.39, 0.29) is 12.5 Å². The van der Waals surface area contributed by atoms with Gasteiger partial charge in [-0.05, 0) is 24.1 Å². The second-order valence-electron chi connectivity index (χ2n) is 5.78. The van der Waals surface area contributed by atoms with Gasteiger partial charge < -0.3 is 19.1 Å². The quantitative estimate of drug-likeness (QED) is 0.853. The molecule has 1 spiro atoms. The smallest absolute Gasteiger partial charge is 0.260 e. The zero-order valence-corrected chi connectivity index (χ0v) is 13.0. The van der Waals surface area contributed by atoms with Crippen LogP contribution in [-0.4, -0.2) is 49.5 Å². The van der Waals surface area contributed by atoms with Gasteiger partial charge in [0.2, 0.25) is 0 Å². The highest BCUT2D eigenvalue weighted by Gasteiger charge is 2.40. The van der Waals surface area contributed by atoms with Gasteiger partial charge in [-0.15, -0.1) is 0 Å². The summed E-state index contributed by atoms with van der Waals surface area (Å²) in [5.74, 6) is 0.339. The van der Waals surface area contributed by atoms with Crippen molar-refractivity contribution in [3.63, 3.8) is 0 Å². The minimum absolute atomic E-state index is 0.0229. The van der Waals surface area contributed by atoms with Crippen molar-refractivity contribution in [1.82, 2.24) is 4.90 Å². The van der Waals surface area contributed by atoms with E-state index in [0.29, 0.717) is 26.3 Å². The van der Waals surface area contributed by atoms with Gasteiger partial charge in [0.25, 0.3) is 5.91 Å². The van der Waals surface area contributed by atoms with E-state index in [4.69, 9.17) is 14.2 Å². The molecule has 1 aromatic carbocycles. The molecule has 0 N–H and O–H groups in total. The van der Waals surface area contributed by atoms with Crippen LogP contribution in [0.1, 0.15) is 25.3 Å². The second kappa shape index (κ2) is 6.67. The Kier molecular flexibility index (Phi) is 4.64. The van der Waals surface area contributed by atoms with Crippen LogP contribution in [0.15, 0.2) is 24.3 Å². The number of hydrogen-bond acceptors (Lipinski definition) is 4.